The highest BCUT2D eigenvalue weighted by Gasteiger charge is 2.20. The molecule has 0 saturated carbocycles. The molecule has 0 spiro atoms. The van der Waals surface area contributed by atoms with Crippen LogP contribution in [0.3, 0.4) is 0 Å². The summed E-state index contributed by atoms with van der Waals surface area (Å²) in [6, 6.07) is 7.59. The average Bonchev–Trinajstić information content (AvgIpc) is 3.19. The number of nitrogens with zero attached hydrogens (tertiary/aromatic N) is 4. The van der Waals surface area contributed by atoms with Gasteiger partial charge in [0.1, 0.15) is 5.82 Å². The van der Waals surface area contributed by atoms with Crippen molar-refractivity contribution >= 4 is 23.1 Å². The largest absolute Gasteiger partial charge is 0.391 e. The van der Waals surface area contributed by atoms with Gasteiger partial charge in [-0.15, -0.1) is 11.3 Å². The number of hydrogen-bond acceptors (Lipinski definition) is 7. The highest BCUT2D eigenvalue weighted by molar-refractivity contribution is 7.09. The smallest absolute Gasteiger partial charge is 0.251 e. The van der Waals surface area contributed by atoms with Crippen LogP contribution in [-0.4, -0.2) is 51.7 Å². The lowest BCUT2D eigenvalue weighted by Gasteiger charge is -2.31. The summed E-state index contributed by atoms with van der Waals surface area (Å²) >= 11 is 1.61. The zero-order valence-electron chi connectivity index (χ0n) is 17.8. The predicted octanol–water partition coefficient (Wildman–Crippen LogP) is 3.15. The Morgan fingerprint density at radius 1 is 1.29 bits per heavy atom. The van der Waals surface area contributed by atoms with E-state index >= 15 is 0 Å². The van der Waals surface area contributed by atoms with Gasteiger partial charge in [-0.05, 0) is 44.4 Å². The first kappa shape index (κ1) is 21.4. The molecule has 4 rings (SSSR count). The highest BCUT2D eigenvalue weighted by Crippen LogP contribution is 2.23. The lowest BCUT2D eigenvalue weighted by Crippen LogP contribution is -2.38. The van der Waals surface area contributed by atoms with Crippen molar-refractivity contribution in [2.24, 2.45) is 0 Å². The van der Waals surface area contributed by atoms with Gasteiger partial charge in [-0.2, -0.15) is 0 Å². The van der Waals surface area contributed by atoms with Crippen LogP contribution in [0, 0.1) is 13.8 Å². The SMILES string of the molecule is Cc1ccc(-c2nccc(N3CCCC(O)C3)n2)cc1C(=O)NCCc1scnc1C. The summed E-state index contributed by atoms with van der Waals surface area (Å²) in [5, 5.41) is 13.0. The second kappa shape index (κ2) is 9.53. The lowest BCUT2D eigenvalue weighted by atomic mass is 10.0. The minimum absolute atomic E-state index is 0.100. The number of carbonyl (C=O) groups is 1. The first-order valence-electron chi connectivity index (χ1n) is 10.6. The van der Waals surface area contributed by atoms with E-state index in [1.165, 1.54) is 4.88 Å². The maximum absolute atomic E-state index is 12.8. The lowest BCUT2D eigenvalue weighted by molar-refractivity contribution is 0.0953. The minimum Gasteiger partial charge on any atom is -0.391 e. The van der Waals surface area contributed by atoms with Crippen molar-refractivity contribution in [2.75, 3.05) is 24.5 Å². The summed E-state index contributed by atoms with van der Waals surface area (Å²) in [5.41, 5.74) is 5.19. The van der Waals surface area contributed by atoms with Crippen molar-refractivity contribution in [1.82, 2.24) is 20.3 Å². The molecule has 1 aliphatic rings. The fraction of sp³-hybridized carbons (Fsp3) is 0.391. The summed E-state index contributed by atoms with van der Waals surface area (Å²) < 4.78 is 0. The first-order valence-corrected chi connectivity index (χ1v) is 11.4. The number of hydrogen-bond donors (Lipinski definition) is 2. The van der Waals surface area contributed by atoms with E-state index in [-0.39, 0.29) is 12.0 Å². The summed E-state index contributed by atoms with van der Waals surface area (Å²) in [6.07, 6.45) is 3.95. The van der Waals surface area contributed by atoms with Crippen LogP contribution in [0.4, 0.5) is 5.82 Å². The Balaban J connectivity index is 1.49. The molecule has 1 atom stereocenters. The number of aromatic nitrogens is 3. The number of carbonyl (C=O) groups excluding carboxylic acids is 1. The molecule has 7 nitrogen and oxygen atoms in total. The predicted molar refractivity (Wildman–Crippen MR) is 123 cm³/mol. The van der Waals surface area contributed by atoms with E-state index in [4.69, 9.17) is 4.98 Å². The highest BCUT2D eigenvalue weighted by atomic mass is 32.1. The molecule has 1 amide bonds. The molecule has 31 heavy (non-hydrogen) atoms. The van der Waals surface area contributed by atoms with Crippen molar-refractivity contribution in [3.05, 3.63) is 57.7 Å². The van der Waals surface area contributed by atoms with Crippen LogP contribution < -0.4 is 10.2 Å². The Morgan fingerprint density at radius 3 is 2.94 bits per heavy atom. The number of β-amino-alcohol motifs (C(OH)–C–C–N with tert-alkyl or cyclic N) is 1. The van der Waals surface area contributed by atoms with Crippen molar-refractivity contribution in [3.8, 4) is 11.4 Å². The van der Waals surface area contributed by atoms with Crippen LogP contribution >= 0.6 is 11.3 Å². The molecule has 1 aliphatic heterocycles. The van der Waals surface area contributed by atoms with Crippen LogP contribution in [0.25, 0.3) is 11.4 Å². The third-order valence-corrected chi connectivity index (χ3v) is 6.58. The molecule has 1 fully saturated rings. The van der Waals surface area contributed by atoms with Crippen molar-refractivity contribution in [2.45, 2.75) is 39.2 Å². The van der Waals surface area contributed by atoms with Crippen LogP contribution in [0.5, 0.6) is 0 Å². The Bertz CT molecular complexity index is 1070. The molecule has 0 bridgehead atoms. The molecule has 1 saturated heterocycles. The van der Waals surface area contributed by atoms with Gasteiger partial charge in [-0.3, -0.25) is 4.79 Å². The van der Waals surface area contributed by atoms with E-state index in [0.717, 1.165) is 48.4 Å². The molecular weight excluding hydrogens is 410 g/mol. The Hall–Kier alpha value is -2.84. The molecule has 3 heterocycles. The van der Waals surface area contributed by atoms with Gasteiger partial charge in [-0.1, -0.05) is 12.1 Å². The van der Waals surface area contributed by atoms with Crippen LogP contribution in [-0.2, 0) is 6.42 Å². The maximum Gasteiger partial charge on any atom is 0.251 e. The fourth-order valence-electron chi connectivity index (χ4n) is 3.78. The number of anilines is 1. The number of piperidine rings is 1. The second-order valence-electron chi connectivity index (χ2n) is 7.88. The molecule has 1 unspecified atom stereocenters. The third-order valence-electron chi connectivity index (χ3n) is 5.58. The Labute approximate surface area is 186 Å². The third kappa shape index (κ3) is 5.08. The fourth-order valence-corrected chi connectivity index (χ4v) is 4.57. The van der Waals surface area contributed by atoms with E-state index < -0.39 is 0 Å². The Morgan fingerprint density at radius 2 is 2.16 bits per heavy atom. The molecule has 3 aromatic rings. The van der Waals surface area contributed by atoms with Gasteiger partial charge >= 0.3 is 0 Å². The molecule has 8 heteroatoms. The maximum atomic E-state index is 12.8. The number of aryl methyl sites for hydroxylation is 2. The van der Waals surface area contributed by atoms with Gasteiger partial charge < -0.3 is 15.3 Å². The van der Waals surface area contributed by atoms with E-state index in [1.54, 1.807) is 17.5 Å². The average molecular weight is 438 g/mol. The number of amides is 1. The monoisotopic (exact) mass is 437 g/mol. The summed E-state index contributed by atoms with van der Waals surface area (Å²) in [6.45, 7) is 5.93. The quantitative estimate of drug-likeness (QED) is 0.616. The van der Waals surface area contributed by atoms with Crippen molar-refractivity contribution in [1.29, 1.82) is 0 Å². The summed E-state index contributed by atoms with van der Waals surface area (Å²) in [4.78, 5) is 29.5. The van der Waals surface area contributed by atoms with E-state index in [1.807, 2.05) is 43.6 Å². The van der Waals surface area contributed by atoms with Crippen LogP contribution in [0.1, 0.15) is 39.3 Å². The number of nitrogens with one attached hydrogen (secondary N) is 1. The van der Waals surface area contributed by atoms with Gasteiger partial charge in [-0.25, -0.2) is 15.0 Å². The standard InChI is InChI=1S/C23H27N5O2S/c1-15-5-6-17(12-19(15)23(30)25-9-7-20-16(2)26-14-31-20)22-24-10-8-21(27-22)28-11-3-4-18(29)13-28/h5-6,8,10,12,14,18,29H,3-4,7,9,11,13H2,1-2H3,(H,25,30). The van der Waals surface area contributed by atoms with Crippen molar-refractivity contribution < 1.29 is 9.90 Å². The number of rotatable bonds is 6. The number of thiazole rings is 1. The van der Waals surface area contributed by atoms with E-state index in [2.05, 4.69) is 20.2 Å². The van der Waals surface area contributed by atoms with Gasteiger partial charge in [0.05, 0.1) is 17.3 Å². The number of aliphatic hydroxyl groups excluding tert-OH is 1. The van der Waals surface area contributed by atoms with Crippen LogP contribution in [0.2, 0.25) is 0 Å². The van der Waals surface area contributed by atoms with Gasteiger partial charge in [0.25, 0.3) is 5.91 Å². The zero-order chi connectivity index (χ0) is 21.8. The normalized spacial score (nSPS) is 16.4. The first-order chi connectivity index (χ1) is 15.0. The molecule has 2 aromatic heterocycles. The van der Waals surface area contributed by atoms with Crippen molar-refractivity contribution in [3.63, 3.8) is 0 Å². The van der Waals surface area contributed by atoms with Gasteiger partial charge in [0.15, 0.2) is 5.82 Å². The molecule has 0 aliphatic carbocycles. The topological polar surface area (TPSA) is 91.2 Å². The van der Waals surface area contributed by atoms with Gasteiger partial charge in [0.2, 0.25) is 0 Å². The van der Waals surface area contributed by atoms with Crippen LogP contribution in [0.15, 0.2) is 36.0 Å². The zero-order valence-corrected chi connectivity index (χ0v) is 18.7. The molecule has 1 aromatic carbocycles. The number of benzene rings is 1. The Kier molecular flexibility index (Phi) is 6.58. The molecule has 0 radical (unpaired) electrons. The number of aliphatic hydroxyl groups is 1. The second-order valence-corrected chi connectivity index (χ2v) is 8.82. The molecule has 162 valence electrons. The molecule has 2 N–H and O–H groups in total. The van der Waals surface area contributed by atoms with Gasteiger partial charge in [0, 0.05) is 48.3 Å². The van der Waals surface area contributed by atoms with E-state index in [0.29, 0.717) is 24.5 Å². The summed E-state index contributed by atoms with van der Waals surface area (Å²) in [7, 11) is 0. The van der Waals surface area contributed by atoms with E-state index in [9.17, 15) is 9.90 Å². The summed E-state index contributed by atoms with van der Waals surface area (Å²) in [5.74, 6) is 1.28. The molecular formula is C23H27N5O2S. The minimum atomic E-state index is -0.324.